The van der Waals surface area contributed by atoms with Gasteiger partial charge in [-0.2, -0.15) is 0 Å². The first-order valence-electron chi connectivity index (χ1n) is 9.86. The van der Waals surface area contributed by atoms with Crippen molar-refractivity contribution in [1.82, 2.24) is 4.90 Å². The summed E-state index contributed by atoms with van der Waals surface area (Å²) in [6.45, 7) is 7.14. The molecule has 7 heteroatoms. The van der Waals surface area contributed by atoms with Gasteiger partial charge in [0.25, 0.3) is 5.91 Å². The quantitative estimate of drug-likeness (QED) is 0.862. The Morgan fingerprint density at radius 1 is 0.931 bits per heavy atom. The molecule has 0 aliphatic carbocycles. The van der Waals surface area contributed by atoms with E-state index in [1.807, 2.05) is 43.0 Å². The number of hydrogen-bond donors (Lipinski definition) is 1. The number of carbonyl (C=O) groups is 2. The molecule has 1 N–H and O–H groups in total. The van der Waals surface area contributed by atoms with E-state index in [4.69, 9.17) is 9.47 Å². The van der Waals surface area contributed by atoms with E-state index >= 15 is 0 Å². The average Bonchev–Trinajstić information content (AvgIpc) is 3.21. The molecule has 2 aliphatic rings. The van der Waals surface area contributed by atoms with E-state index in [-0.39, 0.29) is 24.5 Å². The van der Waals surface area contributed by atoms with Crippen molar-refractivity contribution in [3.8, 4) is 11.5 Å². The van der Waals surface area contributed by atoms with Crippen LogP contribution in [0.3, 0.4) is 0 Å². The number of fused-ring (bicyclic) bond motifs is 1. The molecule has 1 fully saturated rings. The lowest BCUT2D eigenvalue weighted by Gasteiger charge is -2.37. The van der Waals surface area contributed by atoms with Gasteiger partial charge in [-0.3, -0.25) is 9.59 Å². The number of nitrogens with zero attached hydrogens (tertiary/aromatic N) is 2. The zero-order valence-corrected chi connectivity index (χ0v) is 16.7. The number of benzene rings is 2. The molecule has 0 aromatic heterocycles. The maximum atomic E-state index is 12.5. The maximum Gasteiger partial charge on any atom is 0.255 e. The minimum Gasteiger partial charge on any atom is -0.454 e. The molecule has 2 amide bonds. The molecule has 0 atom stereocenters. The van der Waals surface area contributed by atoms with Crippen LogP contribution in [0.25, 0.3) is 0 Å². The Bertz CT molecular complexity index is 903. The van der Waals surface area contributed by atoms with Crippen molar-refractivity contribution in [2.24, 2.45) is 5.92 Å². The Morgan fingerprint density at radius 3 is 2.31 bits per heavy atom. The number of anilines is 2. The molecule has 0 spiro atoms. The third-order valence-corrected chi connectivity index (χ3v) is 5.21. The van der Waals surface area contributed by atoms with Gasteiger partial charge in [-0.1, -0.05) is 13.8 Å². The van der Waals surface area contributed by atoms with Gasteiger partial charge in [0.05, 0.1) is 0 Å². The van der Waals surface area contributed by atoms with Crippen LogP contribution in [0, 0.1) is 5.92 Å². The second kappa shape index (κ2) is 8.03. The van der Waals surface area contributed by atoms with Gasteiger partial charge in [-0.15, -0.1) is 0 Å². The number of amides is 2. The summed E-state index contributed by atoms with van der Waals surface area (Å²) in [6.07, 6.45) is 0. The maximum absolute atomic E-state index is 12.5. The summed E-state index contributed by atoms with van der Waals surface area (Å²) in [6, 6.07) is 12.9. The highest BCUT2D eigenvalue weighted by molar-refractivity contribution is 6.04. The molecule has 2 heterocycles. The van der Waals surface area contributed by atoms with Crippen molar-refractivity contribution in [3.05, 3.63) is 48.0 Å². The van der Waals surface area contributed by atoms with Crippen molar-refractivity contribution in [1.29, 1.82) is 0 Å². The van der Waals surface area contributed by atoms with Crippen LogP contribution in [-0.2, 0) is 4.79 Å². The number of nitrogens with one attached hydrogen (secondary N) is 1. The molecule has 1 saturated heterocycles. The van der Waals surface area contributed by atoms with Crippen LogP contribution in [0.5, 0.6) is 11.5 Å². The second-order valence-electron chi connectivity index (χ2n) is 7.54. The number of ether oxygens (including phenoxy) is 2. The van der Waals surface area contributed by atoms with Gasteiger partial charge in [-0.25, -0.2) is 0 Å². The van der Waals surface area contributed by atoms with Crippen LogP contribution in [0.2, 0.25) is 0 Å². The second-order valence-corrected chi connectivity index (χ2v) is 7.54. The van der Waals surface area contributed by atoms with Gasteiger partial charge >= 0.3 is 0 Å². The van der Waals surface area contributed by atoms with E-state index in [2.05, 4.69) is 10.2 Å². The van der Waals surface area contributed by atoms with Gasteiger partial charge in [0.1, 0.15) is 0 Å². The van der Waals surface area contributed by atoms with Gasteiger partial charge in [0, 0.05) is 49.0 Å². The molecule has 29 heavy (non-hydrogen) atoms. The largest absolute Gasteiger partial charge is 0.454 e. The van der Waals surface area contributed by atoms with Crippen LogP contribution in [0.15, 0.2) is 42.5 Å². The molecule has 0 bridgehead atoms. The molecule has 2 aliphatic heterocycles. The molecule has 0 unspecified atom stereocenters. The Kier molecular flexibility index (Phi) is 5.29. The highest BCUT2D eigenvalue weighted by Gasteiger charge is 2.23. The fraction of sp³-hybridized carbons (Fsp3) is 0.364. The first-order valence-corrected chi connectivity index (χ1v) is 9.86. The van der Waals surface area contributed by atoms with Gasteiger partial charge in [-0.05, 0) is 42.5 Å². The standard InChI is InChI=1S/C22H25N3O4/c1-15(2)22(27)25-11-9-24(10-12-25)18-6-4-17(5-7-18)23-21(26)16-3-8-19-20(13-16)29-14-28-19/h3-8,13,15H,9-12,14H2,1-2H3,(H,23,26). The van der Waals surface area contributed by atoms with Crippen LogP contribution < -0.4 is 19.7 Å². The predicted molar refractivity (Wildman–Crippen MR) is 111 cm³/mol. The highest BCUT2D eigenvalue weighted by Crippen LogP contribution is 2.32. The zero-order valence-electron chi connectivity index (χ0n) is 16.7. The van der Waals surface area contributed by atoms with Crippen LogP contribution in [0.1, 0.15) is 24.2 Å². The SMILES string of the molecule is CC(C)C(=O)N1CCN(c2ccc(NC(=O)c3ccc4c(c3)OCO4)cc2)CC1. The van der Waals surface area contributed by atoms with Crippen LogP contribution >= 0.6 is 0 Å². The summed E-state index contributed by atoms with van der Waals surface area (Å²) in [4.78, 5) is 28.8. The Hall–Kier alpha value is -3.22. The van der Waals surface area contributed by atoms with Crippen molar-refractivity contribution >= 4 is 23.2 Å². The first-order chi connectivity index (χ1) is 14.0. The molecule has 0 radical (unpaired) electrons. The molecular weight excluding hydrogens is 370 g/mol. The van der Waals surface area contributed by atoms with Crippen molar-refractivity contribution in [2.45, 2.75) is 13.8 Å². The lowest BCUT2D eigenvalue weighted by molar-refractivity contribution is -0.134. The summed E-state index contributed by atoms with van der Waals surface area (Å²) in [7, 11) is 0. The lowest BCUT2D eigenvalue weighted by atomic mass is 10.1. The smallest absolute Gasteiger partial charge is 0.255 e. The number of carbonyl (C=O) groups excluding carboxylic acids is 2. The van der Waals surface area contributed by atoms with Gasteiger partial charge in [0.15, 0.2) is 11.5 Å². The topological polar surface area (TPSA) is 71.1 Å². The first kappa shape index (κ1) is 19.1. The summed E-state index contributed by atoms with van der Waals surface area (Å²) in [5.74, 6) is 1.29. The van der Waals surface area contributed by atoms with Crippen LogP contribution in [-0.4, -0.2) is 49.7 Å². The van der Waals surface area contributed by atoms with E-state index in [9.17, 15) is 9.59 Å². The van der Waals surface area contributed by atoms with Crippen molar-refractivity contribution in [3.63, 3.8) is 0 Å². The predicted octanol–water partition coefficient (Wildman–Crippen LogP) is 2.97. The molecule has 152 valence electrons. The molecule has 0 saturated carbocycles. The molecule has 2 aromatic carbocycles. The number of hydrogen-bond acceptors (Lipinski definition) is 5. The Morgan fingerprint density at radius 2 is 1.62 bits per heavy atom. The van der Waals surface area contributed by atoms with E-state index in [1.54, 1.807) is 18.2 Å². The van der Waals surface area contributed by atoms with Gasteiger partial charge < -0.3 is 24.6 Å². The molecular formula is C22H25N3O4. The van der Waals surface area contributed by atoms with E-state index < -0.39 is 0 Å². The summed E-state index contributed by atoms with van der Waals surface area (Å²) >= 11 is 0. The zero-order chi connectivity index (χ0) is 20.4. The number of piperazine rings is 1. The van der Waals surface area contributed by atoms with Crippen LogP contribution in [0.4, 0.5) is 11.4 Å². The summed E-state index contributed by atoms with van der Waals surface area (Å²) in [5.41, 5.74) is 2.33. The molecule has 7 nitrogen and oxygen atoms in total. The molecule has 2 aromatic rings. The summed E-state index contributed by atoms with van der Waals surface area (Å²) < 4.78 is 10.6. The van der Waals surface area contributed by atoms with Gasteiger partial charge in [0.2, 0.25) is 12.7 Å². The third kappa shape index (κ3) is 4.13. The molecule has 4 rings (SSSR count). The van der Waals surface area contributed by atoms with E-state index in [1.165, 1.54) is 0 Å². The van der Waals surface area contributed by atoms with E-state index in [0.29, 0.717) is 17.1 Å². The third-order valence-electron chi connectivity index (χ3n) is 5.21. The van der Waals surface area contributed by atoms with Crippen molar-refractivity contribution in [2.75, 3.05) is 43.2 Å². The average molecular weight is 395 g/mol. The minimum atomic E-state index is -0.197. The fourth-order valence-electron chi connectivity index (χ4n) is 3.55. The fourth-order valence-corrected chi connectivity index (χ4v) is 3.55. The Balaban J connectivity index is 1.35. The highest BCUT2D eigenvalue weighted by atomic mass is 16.7. The lowest BCUT2D eigenvalue weighted by Crippen LogP contribution is -2.49. The minimum absolute atomic E-state index is 0.0363. The normalized spacial score (nSPS) is 15.6. The summed E-state index contributed by atoms with van der Waals surface area (Å²) in [5, 5.41) is 2.91. The number of rotatable bonds is 4. The van der Waals surface area contributed by atoms with E-state index in [0.717, 1.165) is 37.6 Å². The Labute approximate surface area is 170 Å². The van der Waals surface area contributed by atoms with Crippen molar-refractivity contribution < 1.29 is 19.1 Å². The monoisotopic (exact) mass is 395 g/mol.